The number of rotatable bonds is 4. The maximum atomic E-state index is 13.5. The van der Waals surface area contributed by atoms with Gasteiger partial charge in [0, 0.05) is 25.1 Å². The van der Waals surface area contributed by atoms with Crippen LogP contribution in [0.4, 0.5) is 10.1 Å². The van der Waals surface area contributed by atoms with Crippen LogP contribution in [-0.2, 0) is 11.8 Å². The summed E-state index contributed by atoms with van der Waals surface area (Å²) in [7, 11) is 3.11. The lowest BCUT2D eigenvalue weighted by Crippen LogP contribution is -2.13. The monoisotopic (exact) mass is 277 g/mol. The Morgan fingerprint density at radius 1 is 1.50 bits per heavy atom. The first-order chi connectivity index (χ1) is 9.52. The van der Waals surface area contributed by atoms with Gasteiger partial charge in [-0.15, -0.1) is 0 Å². The molecule has 0 fully saturated rings. The van der Waals surface area contributed by atoms with Gasteiger partial charge >= 0.3 is 5.97 Å². The van der Waals surface area contributed by atoms with E-state index >= 15 is 0 Å². The molecule has 2 aromatic rings. The minimum absolute atomic E-state index is 0.0778. The number of ether oxygens (including phenoxy) is 1. The van der Waals surface area contributed by atoms with Gasteiger partial charge in [-0.05, 0) is 25.1 Å². The lowest BCUT2D eigenvalue weighted by atomic mass is 10.1. The van der Waals surface area contributed by atoms with Gasteiger partial charge in [0.2, 0.25) is 0 Å². The number of aryl methyl sites for hydroxylation is 1. The van der Waals surface area contributed by atoms with Crippen molar-refractivity contribution >= 4 is 11.7 Å². The molecule has 20 heavy (non-hydrogen) atoms. The number of benzene rings is 1. The molecule has 1 aromatic carbocycles. The molecule has 0 saturated carbocycles. The van der Waals surface area contributed by atoms with Crippen molar-refractivity contribution in [3.63, 3.8) is 0 Å². The van der Waals surface area contributed by atoms with Gasteiger partial charge in [0.15, 0.2) is 0 Å². The van der Waals surface area contributed by atoms with Crippen molar-refractivity contribution in [2.75, 3.05) is 12.4 Å². The Bertz CT molecular complexity index is 625. The molecule has 0 aliphatic rings. The summed E-state index contributed by atoms with van der Waals surface area (Å²) in [5.41, 5.74) is 0.534. The molecule has 0 saturated heterocycles. The Morgan fingerprint density at radius 3 is 2.85 bits per heavy atom. The molecule has 0 amide bonds. The molecule has 1 atom stereocenters. The lowest BCUT2D eigenvalue weighted by molar-refractivity contribution is 0.0595. The van der Waals surface area contributed by atoms with Crippen LogP contribution in [-0.4, -0.2) is 22.6 Å². The van der Waals surface area contributed by atoms with Gasteiger partial charge in [-0.25, -0.2) is 14.2 Å². The zero-order chi connectivity index (χ0) is 14.7. The molecule has 1 N–H and O–H groups in total. The van der Waals surface area contributed by atoms with Gasteiger partial charge in [0.05, 0.1) is 18.7 Å². The fourth-order valence-electron chi connectivity index (χ4n) is 1.99. The Balaban J connectivity index is 2.22. The van der Waals surface area contributed by atoms with Gasteiger partial charge in [0.25, 0.3) is 0 Å². The molecule has 5 nitrogen and oxygen atoms in total. The fourth-order valence-corrected chi connectivity index (χ4v) is 1.99. The topological polar surface area (TPSA) is 56.1 Å². The molecule has 1 heterocycles. The average Bonchev–Trinajstić information content (AvgIpc) is 2.86. The molecule has 1 unspecified atom stereocenters. The third-order valence-electron chi connectivity index (χ3n) is 3.00. The third-order valence-corrected chi connectivity index (χ3v) is 3.00. The second kappa shape index (κ2) is 5.73. The second-order valence-corrected chi connectivity index (χ2v) is 4.45. The molecule has 0 aliphatic carbocycles. The van der Waals surface area contributed by atoms with Crippen LogP contribution in [0.1, 0.15) is 29.1 Å². The van der Waals surface area contributed by atoms with Gasteiger partial charge in [-0.3, -0.25) is 0 Å². The highest BCUT2D eigenvalue weighted by atomic mass is 19.1. The third kappa shape index (κ3) is 2.79. The van der Waals surface area contributed by atoms with Crippen LogP contribution >= 0.6 is 0 Å². The smallest absolute Gasteiger partial charge is 0.340 e. The van der Waals surface area contributed by atoms with E-state index in [9.17, 15) is 9.18 Å². The zero-order valence-corrected chi connectivity index (χ0v) is 11.6. The van der Waals surface area contributed by atoms with Crippen LogP contribution in [0, 0.1) is 5.82 Å². The summed E-state index contributed by atoms with van der Waals surface area (Å²) >= 11 is 0. The number of methoxy groups -OCH3 is 1. The Hall–Kier alpha value is -2.37. The number of halogens is 1. The normalized spacial score (nSPS) is 12.0. The quantitative estimate of drug-likeness (QED) is 0.872. The van der Waals surface area contributed by atoms with Crippen molar-refractivity contribution in [1.29, 1.82) is 0 Å². The van der Waals surface area contributed by atoms with E-state index in [1.54, 1.807) is 12.3 Å². The van der Waals surface area contributed by atoms with Gasteiger partial charge < -0.3 is 14.6 Å². The summed E-state index contributed by atoms with van der Waals surface area (Å²) in [6.45, 7) is 1.93. The second-order valence-electron chi connectivity index (χ2n) is 4.45. The highest BCUT2D eigenvalue weighted by molar-refractivity contribution is 5.90. The minimum atomic E-state index is -0.698. The van der Waals surface area contributed by atoms with Crippen molar-refractivity contribution in [2.45, 2.75) is 13.0 Å². The van der Waals surface area contributed by atoms with Crippen LogP contribution in [0.25, 0.3) is 0 Å². The summed E-state index contributed by atoms with van der Waals surface area (Å²) in [6, 6.07) is 4.16. The summed E-state index contributed by atoms with van der Waals surface area (Å²) < 4.78 is 20.0. The molecule has 0 radical (unpaired) electrons. The van der Waals surface area contributed by atoms with Crippen LogP contribution in [0.5, 0.6) is 0 Å². The van der Waals surface area contributed by atoms with Gasteiger partial charge in [-0.2, -0.15) is 0 Å². The predicted molar refractivity (Wildman–Crippen MR) is 73.0 cm³/mol. The van der Waals surface area contributed by atoms with E-state index in [-0.39, 0.29) is 11.6 Å². The number of nitrogens with zero attached hydrogens (tertiary/aromatic N) is 2. The first kappa shape index (κ1) is 14.0. The highest BCUT2D eigenvalue weighted by Gasteiger charge is 2.15. The number of nitrogens with one attached hydrogen (secondary N) is 1. The van der Waals surface area contributed by atoms with Crippen LogP contribution in [0.2, 0.25) is 0 Å². The molecule has 106 valence electrons. The standard InChI is InChI=1S/C14H16FN3O2/c1-9(13-16-6-7-18(13)2)17-10-4-5-12(15)11(8-10)14(19)20-3/h4-9,17H,1-3H3. The number of imidazole rings is 1. The molecule has 0 bridgehead atoms. The summed E-state index contributed by atoms with van der Waals surface area (Å²) in [4.78, 5) is 15.7. The number of aromatic nitrogens is 2. The van der Waals surface area contributed by atoms with E-state index < -0.39 is 11.8 Å². The molecule has 0 aliphatic heterocycles. The summed E-state index contributed by atoms with van der Waals surface area (Å²) in [5.74, 6) is -0.461. The molecule has 2 rings (SSSR count). The maximum absolute atomic E-state index is 13.5. The lowest BCUT2D eigenvalue weighted by Gasteiger charge is -2.15. The van der Waals surface area contributed by atoms with E-state index in [1.165, 1.54) is 19.2 Å². The van der Waals surface area contributed by atoms with Gasteiger partial charge in [0.1, 0.15) is 11.6 Å². The van der Waals surface area contributed by atoms with Crippen molar-refractivity contribution < 1.29 is 13.9 Å². The van der Waals surface area contributed by atoms with Crippen LogP contribution in [0.15, 0.2) is 30.6 Å². The Morgan fingerprint density at radius 2 is 2.25 bits per heavy atom. The Labute approximate surface area is 116 Å². The number of hydrogen-bond donors (Lipinski definition) is 1. The van der Waals surface area contributed by atoms with E-state index in [1.807, 2.05) is 24.7 Å². The number of anilines is 1. The minimum Gasteiger partial charge on any atom is -0.465 e. The first-order valence-corrected chi connectivity index (χ1v) is 6.14. The summed E-state index contributed by atoms with van der Waals surface area (Å²) in [6.07, 6.45) is 3.55. The molecule has 6 heteroatoms. The number of carbonyl (C=O) groups is 1. The van der Waals surface area contributed by atoms with E-state index in [0.29, 0.717) is 5.69 Å². The molecule has 1 aromatic heterocycles. The number of carbonyl (C=O) groups excluding carboxylic acids is 1. The zero-order valence-electron chi connectivity index (χ0n) is 11.6. The average molecular weight is 277 g/mol. The van der Waals surface area contributed by atoms with Crippen molar-refractivity contribution in [2.24, 2.45) is 7.05 Å². The van der Waals surface area contributed by atoms with Crippen LogP contribution < -0.4 is 5.32 Å². The van der Waals surface area contributed by atoms with E-state index in [2.05, 4.69) is 15.0 Å². The number of esters is 1. The Kier molecular flexibility index (Phi) is 4.02. The maximum Gasteiger partial charge on any atom is 0.340 e. The van der Waals surface area contributed by atoms with Crippen molar-refractivity contribution in [1.82, 2.24) is 9.55 Å². The molecular formula is C14H16FN3O2. The summed E-state index contributed by atoms with van der Waals surface area (Å²) in [5, 5.41) is 3.17. The fraction of sp³-hybridized carbons (Fsp3) is 0.286. The molecule has 0 spiro atoms. The predicted octanol–water partition coefficient (Wildman–Crippen LogP) is 2.52. The SMILES string of the molecule is COC(=O)c1cc(NC(C)c2nccn2C)ccc1F. The van der Waals surface area contributed by atoms with E-state index in [0.717, 1.165) is 5.82 Å². The molecular weight excluding hydrogens is 261 g/mol. The first-order valence-electron chi connectivity index (χ1n) is 6.14. The highest BCUT2D eigenvalue weighted by Crippen LogP contribution is 2.20. The van der Waals surface area contributed by atoms with Crippen LogP contribution in [0.3, 0.4) is 0 Å². The van der Waals surface area contributed by atoms with E-state index in [4.69, 9.17) is 0 Å². The van der Waals surface area contributed by atoms with Crippen molar-refractivity contribution in [3.05, 3.63) is 47.8 Å². The largest absolute Gasteiger partial charge is 0.465 e. The van der Waals surface area contributed by atoms with Gasteiger partial charge in [-0.1, -0.05) is 0 Å². The van der Waals surface area contributed by atoms with Crippen molar-refractivity contribution in [3.8, 4) is 0 Å². The number of hydrogen-bond acceptors (Lipinski definition) is 4.